The molecule has 0 aliphatic heterocycles. The van der Waals surface area contributed by atoms with E-state index in [2.05, 4.69) is 61.6 Å². The Bertz CT molecular complexity index is 1200. The SMILES string of the molecule is CCCOc1c(Cl)cc(CNc2ccc(-c3nc4ccc(C)cc4s3)cc2)cc1OCC. The van der Waals surface area contributed by atoms with Gasteiger partial charge in [-0.05, 0) is 79.9 Å². The first-order chi connectivity index (χ1) is 15.6. The first-order valence-electron chi connectivity index (χ1n) is 10.9. The number of thiazole rings is 1. The van der Waals surface area contributed by atoms with Gasteiger partial charge in [-0.25, -0.2) is 4.98 Å². The van der Waals surface area contributed by atoms with Gasteiger partial charge in [0.05, 0.1) is 28.5 Å². The Morgan fingerprint density at radius 3 is 2.56 bits per heavy atom. The van der Waals surface area contributed by atoms with Crippen molar-refractivity contribution >= 4 is 38.8 Å². The quantitative estimate of drug-likeness (QED) is 0.274. The van der Waals surface area contributed by atoms with Crippen molar-refractivity contribution in [2.24, 2.45) is 0 Å². The van der Waals surface area contributed by atoms with E-state index in [4.69, 9.17) is 26.1 Å². The smallest absolute Gasteiger partial charge is 0.179 e. The van der Waals surface area contributed by atoms with E-state index in [1.54, 1.807) is 11.3 Å². The summed E-state index contributed by atoms with van der Waals surface area (Å²) in [6, 6.07) is 18.7. The van der Waals surface area contributed by atoms with Crippen LogP contribution in [0.2, 0.25) is 5.02 Å². The minimum Gasteiger partial charge on any atom is -0.490 e. The second-order valence-electron chi connectivity index (χ2n) is 7.61. The second-order valence-corrected chi connectivity index (χ2v) is 9.05. The molecule has 4 rings (SSSR count). The van der Waals surface area contributed by atoms with Gasteiger partial charge in [0, 0.05) is 17.8 Å². The van der Waals surface area contributed by atoms with Crippen LogP contribution in [0.25, 0.3) is 20.8 Å². The van der Waals surface area contributed by atoms with Gasteiger partial charge in [-0.3, -0.25) is 0 Å². The molecular weight excluding hydrogens is 440 g/mol. The molecule has 0 bridgehead atoms. The lowest BCUT2D eigenvalue weighted by molar-refractivity contribution is 0.277. The number of hydrogen-bond acceptors (Lipinski definition) is 5. The van der Waals surface area contributed by atoms with E-state index >= 15 is 0 Å². The molecule has 0 saturated heterocycles. The molecule has 0 radical (unpaired) electrons. The molecule has 3 aromatic carbocycles. The van der Waals surface area contributed by atoms with E-state index in [0.717, 1.165) is 33.8 Å². The molecule has 0 unspecified atom stereocenters. The van der Waals surface area contributed by atoms with Gasteiger partial charge in [0.15, 0.2) is 11.5 Å². The average Bonchev–Trinajstić information content (AvgIpc) is 3.21. The molecule has 1 N–H and O–H groups in total. The standard InChI is InChI=1S/C26H27ClN2O2S/c1-4-12-31-25-21(27)14-18(15-23(25)30-5-2)16-28-20-9-7-19(8-10-20)26-29-22-11-6-17(3)13-24(22)32-26/h6-11,13-15,28H,4-5,12,16H2,1-3H3. The highest BCUT2D eigenvalue weighted by Gasteiger charge is 2.13. The third-order valence-electron chi connectivity index (χ3n) is 4.99. The molecule has 6 heteroatoms. The molecule has 166 valence electrons. The Kier molecular flexibility index (Phi) is 7.18. The molecule has 0 spiro atoms. The fourth-order valence-corrected chi connectivity index (χ4v) is 4.78. The van der Waals surface area contributed by atoms with E-state index < -0.39 is 0 Å². The zero-order valence-electron chi connectivity index (χ0n) is 18.6. The fraction of sp³-hybridized carbons (Fsp3) is 0.269. The van der Waals surface area contributed by atoms with Crippen LogP contribution in [0.4, 0.5) is 5.69 Å². The van der Waals surface area contributed by atoms with E-state index in [1.165, 1.54) is 10.3 Å². The molecule has 0 saturated carbocycles. The van der Waals surface area contributed by atoms with Crippen molar-refractivity contribution in [3.05, 3.63) is 70.7 Å². The van der Waals surface area contributed by atoms with Gasteiger partial charge in [-0.15, -0.1) is 11.3 Å². The summed E-state index contributed by atoms with van der Waals surface area (Å²) in [5.74, 6) is 1.31. The first kappa shape index (κ1) is 22.4. The first-order valence-corrected chi connectivity index (χ1v) is 12.1. The topological polar surface area (TPSA) is 43.4 Å². The van der Waals surface area contributed by atoms with Crippen molar-refractivity contribution in [2.45, 2.75) is 33.7 Å². The summed E-state index contributed by atoms with van der Waals surface area (Å²) in [4.78, 5) is 4.77. The van der Waals surface area contributed by atoms with Crippen molar-refractivity contribution in [3.8, 4) is 22.1 Å². The van der Waals surface area contributed by atoms with Crippen molar-refractivity contribution < 1.29 is 9.47 Å². The van der Waals surface area contributed by atoms with Crippen molar-refractivity contribution in [1.82, 2.24) is 4.98 Å². The van der Waals surface area contributed by atoms with Gasteiger partial charge in [-0.1, -0.05) is 24.6 Å². The number of nitrogens with zero attached hydrogens (tertiary/aromatic N) is 1. The molecule has 1 aromatic heterocycles. The summed E-state index contributed by atoms with van der Waals surface area (Å²) in [7, 11) is 0. The molecule has 0 fully saturated rings. The lowest BCUT2D eigenvalue weighted by Crippen LogP contribution is -2.04. The van der Waals surface area contributed by atoms with Crippen molar-refractivity contribution in [3.63, 3.8) is 0 Å². The summed E-state index contributed by atoms with van der Waals surface area (Å²) < 4.78 is 12.8. The van der Waals surface area contributed by atoms with Crippen LogP contribution in [0.5, 0.6) is 11.5 Å². The Hall–Kier alpha value is -2.76. The van der Waals surface area contributed by atoms with Crippen LogP contribution >= 0.6 is 22.9 Å². The summed E-state index contributed by atoms with van der Waals surface area (Å²) in [6.45, 7) is 7.93. The number of halogens is 1. The number of anilines is 1. The maximum absolute atomic E-state index is 6.48. The van der Waals surface area contributed by atoms with Crippen molar-refractivity contribution in [1.29, 1.82) is 0 Å². The van der Waals surface area contributed by atoms with Gasteiger partial charge in [0.2, 0.25) is 0 Å². The summed E-state index contributed by atoms with van der Waals surface area (Å²) >= 11 is 8.20. The Morgan fingerprint density at radius 1 is 1.00 bits per heavy atom. The van der Waals surface area contributed by atoms with Crippen molar-refractivity contribution in [2.75, 3.05) is 18.5 Å². The maximum Gasteiger partial charge on any atom is 0.179 e. The number of benzene rings is 3. The molecule has 0 amide bonds. The number of fused-ring (bicyclic) bond motifs is 1. The second kappa shape index (κ2) is 10.2. The summed E-state index contributed by atoms with van der Waals surface area (Å²) in [6.07, 6.45) is 0.915. The predicted molar refractivity (Wildman–Crippen MR) is 136 cm³/mol. The number of aromatic nitrogens is 1. The number of rotatable bonds is 9. The zero-order chi connectivity index (χ0) is 22.5. The van der Waals surface area contributed by atoms with Crippen LogP contribution < -0.4 is 14.8 Å². The highest BCUT2D eigenvalue weighted by Crippen LogP contribution is 2.37. The highest BCUT2D eigenvalue weighted by atomic mass is 35.5. The molecule has 0 aliphatic rings. The molecule has 32 heavy (non-hydrogen) atoms. The van der Waals surface area contributed by atoms with Crippen LogP contribution in [0.1, 0.15) is 31.4 Å². The molecule has 0 aliphatic carbocycles. The van der Waals surface area contributed by atoms with E-state index in [9.17, 15) is 0 Å². The van der Waals surface area contributed by atoms with Gasteiger partial charge in [-0.2, -0.15) is 0 Å². The maximum atomic E-state index is 6.48. The average molecular weight is 467 g/mol. The number of ether oxygens (including phenoxy) is 2. The molecule has 0 atom stereocenters. The Morgan fingerprint density at radius 2 is 1.81 bits per heavy atom. The molecular formula is C26H27ClN2O2S. The van der Waals surface area contributed by atoms with Gasteiger partial charge < -0.3 is 14.8 Å². The lowest BCUT2D eigenvalue weighted by Gasteiger charge is -2.15. The number of hydrogen-bond donors (Lipinski definition) is 1. The van der Waals surface area contributed by atoms with Crippen LogP contribution in [-0.2, 0) is 6.54 Å². The largest absolute Gasteiger partial charge is 0.490 e. The minimum atomic E-state index is 0.558. The normalized spacial score (nSPS) is 11.0. The zero-order valence-corrected chi connectivity index (χ0v) is 20.1. The fourth-order valence-electron chi connectivity index (χ4n) is 3.42. The third kappa shape index (κ3) is 5.17. The van der Waals surface area contributed by atoms with Crippen LogP contribution in [-0.4, -0.2) is 18.2 Å². The molecule has 4 aromatic rings. The summed E-state index contributed by atoms with van der Waals surface area (Å²) in [5, 5.41) is 5.07. The van der Waals surface area contributed by atoms with Crippen LogP contribution in [0, 0.1) is 6.92 Å². The van der Waals surface area contributed by atoms with Gasteiger partial charge in [0.25, 0.3) is 0 Å². The predicted octanol–water partition coefficient (Wildman–Crippen LogP) is 7.72. The third-order valence-corrected chi connectivity index (χ3v) is 6.34. The monoisotopic (exact) mass is 466 g/mol. The van der Waals surface area contributed by atoms with E-state index in [1.807, 2.05) is 19.1 Å². The number of aryl methyl sites for hydroxylation is 1. The lowest BCUT2D eigenvalue weighted by atomic mass is 10.1. The van der Waals surface area contributed by atoms with Crippen LogP contribution in [0.3, 0.4) is 0 Å². The highest BCUT2D eigenvalue weighted by molar-refractivity contribution is 7.21. The van der Waals surface area contributed by atoms with E-state index in [0.29, 0.717) is 36.3 Å². The van der Waals surface area contributed by atoms with Crippen LogP contribution in [0.15, 0.2) is 54.6 Å². The Labute approximate surface area is 198 Å². The minimum absolute atomic E-state index is 0.558. The molecule has 4 nitrogen and oxygen atoms in total. The Balaban J connectivity index is 1.46. The van der Waals surface area contributed by atoms with Gasteiger partial charge in [0.1, 0.15) is 5.01 Å². The van der Waals surface area contributed by atoms with E-state index in [-0.39, 0.29) is 0 Å². The number of nitrogens with one attached hydrogen (secondary N) is 1. The summed E-state index contributed by atoms with van der Waals surface area (Å²) in [5.41, 5.74) is 5.49. The van der Waals surface area contributed by atoms with Gasteiger partial charge >= 0.3 is 0 Å². The molecule has 1 heterocycles.